The Hall–Kier alpha value is -3.63. The third-order valence-electron chi connectivity index (χ3n) is 5.51. The second-order valence-corrected chi connectivity index (χ2v) is 7.74. The molecule has 174 valence electrons. The highest BCUT2D eigenvalue weighted by atomic mass is 19.4. The Balaban J connectivity index is 1.27. The maximum absolute atomic E-state index is 12.7. The van der Waals surface area contributed by atoms with Crippen molar-refractivity contribution >= 4 is 29.2 Å². The molecule has 0 saturated carbocycles. The molecule has 1 saturated heterocycles. The summed E-state index contributed by atoms with van der Waals surface area (Å²) in [6, 6.07) is 6.85. The molecule has 2 aliphatic heterocycles. The van der Waals surface area contributed by atoms with E-state index in [9.17, 15) is 27.6 Å². The Morgan fingerprint density at radius 2 is 1.94 bits per heavy atom. The Bertz CT molecular complexity index is 1060. The van der Waals surface area contributed by atoms with Crippen LogP contribution in [0.1, 0.15) is 28.8 Å². The number of rotatable bonds is 5. The Kier molecular flexibility index (Phi) is 6.21. The molecule has 8 nitrogen and oxygen atoms in total. The molecule has 1 aromatic heterocycles. The number of hydrogen-bond donors (Lipinski definition) is 1. The summed E-state index contributed by atoms with van der Waals surface area (Å²) in [5, 5.41) is 2.61. The van der Waals surface area contributed by atoms with Crippen molar-refractivity contribution in [1.82, 2.24) is 4.98 Å². The third kappa shape index (κ3) is 5.24. The molecule has 2 aliphatic rings. The number of aromatic nitrogens is 1. The van der Waals surface area contributed by atoms with Gasteiger partial charge in [0.05, 0.1) is 17.2 Å². The number of halogens is 3. The van der Waals surface area contributed by atoms with Crippen LogP contribution in [-0.2, 0) is 20.5 Å². The lowest BCUT2D eigenvalue weighted by molar-refractivity contribution is -0.148. The first-order valence-electron chi connectivity index (χ1n) is 10.3. The summed E-state index contributed by atoms with van der Waals surface area (Å²) >= 11 is 0. The van der Waals surface area contributed by atoms with Crippen molar-refractivity contribution in [2.24, 2.45) is 5.92 Å². The van der Waals surface area contributed by atoms with E-state index in [0.29, 0.717) is 43.2 Å². The summed E-state index contributed by atoms with van der Waals surface area (Å²) < 4.78 is 48.5. The van der Waals surface area contributed by atoms with Gasteiger partial charge < -0.3 is 19.7 Å². The van der Waals surface area contributed by atoms with E-state index < -0.39 is 36.0 Å². The highest BCUT2D eigenvalue weighted by Crippen LogP contribution is 2.31. The summed E-state index contributed by atoms with van der Waals surface area (Å²) in [7, 11) is 0. The van der Waals surface area contributed by atoms with Crippen molar-refractivity contribution < 1.29 is 37.0 Å². The van der Waals surface area contributed by atoms with Gasteiger partial charge in [-0.05, 0) is 43.2 Å². The zero-order chi connectivity index (χ0) is 23.6. The van der Waals surface area contributed by atoms with Crippen LogP contribution < -0.4 is 15.0 Å². The van der Waals surface area contributed by atoms with Gasteiger partial charge in [-0.2, -0.15) is 13.2 Å². The number of pyridine rings is 1. The van der Waals surface area contributed by atoms with Crippen molar-refractivity contribution in [3.63, 3.8) is 0 Å². The number of benzene rings is 1. The van der Waals surface area contributed by atoms with E-state index in [4.69, 9.17) is 9.47 Å². The van der Waals surface area contributed by atoms with E-state index in [1.165, 1.54) is 18.2 Å². The number of nitrogens with zero attached hydrogens (tertiary/aromatic N) is 2. The fraction of sp³-hybridized carbons (Fsp3) is 0.364. The van der Waals surface area contributed by atoms with Crippen LogP contribution in [-0.4, -0.2) is 48.9 Å². The third-order valence-corrected chi connectivity index (χ3v) is 5.51. The molecule has 3 heterocycles. The number of esters is 1. The predicted molar refractivity (Wildman–Crippen MR) is 110 cm³/mol. The average Bonchev–Trinajstić information content (AvgIpc) is 2.81. The molecule has 4 rings (SSSR count). The number of fused-ring (bicyclic) bond motifs is 1. The lowest BCUT2D eigenvalue weighted by Crippen LogP contribution is -2.37. The largest absolute Gasteiger partial charge is 0.482 e. The van der Waals surface area contributed by atoms with Gasteiger partial charge in [0.2, 0.25) is 0 Å². The van der Waals surface area contributed by atoms with Gasteiger partial charge in [0.15, 0.2) is 19.0 Å². The number of piperidine rings is 1. The van der Waals surface area contributed by atoms with Gasteiger partial charge in [-0.15, -0.1) is 0 Å². The number of carbonyl (C=O) groups excluding carboxylic acids is 3. The molecule has 11 heteroatoms. The van der Waals surface area contributed by atoms with Gasteiger partial charge in [0.1, 0.15) is 11.6 Å². The second kappa shape index (κ2) is 9.08. The maximum atomic E-state index is 12.7. The Labute approximate surface area is 186 Å². The highest BCUT2D eigenvalue weighted by molar-refractivity contribution is 6.01. The molecule has 1 fully saturated rings. The molecule has 0 bridgehead atoms. The van der Waals surface area contributed by atoms with Crippen molar-refractivity contribution in [3.05, 3.63) is 47.7 Å². The highest BCUT2D eigenvalue weighted by Gasteiger charge is 2.32. The molecule has 0 atom stereocenters. The van der Waals surface area contributed by atoms with Gasteiger partial charge in [0, 0.05) is 24.8 Å². The number of nitrogens with one attached hydrogen (secondary N) is 1. The van der Waals surface area contributed by atoms with Gasteiger partial charge in [0.25, 0.3) is 5.91 Å². The number of amides is 1. The average molecular weight is 463 g/mol. The van der Waals surface area contributed by atoms with Gasteiger partial charge >= 0.3 is 12.1 Å². The standard InChI is InChI=1S/C22H20F3N3O5/c23-22(24,25)15-2-4-19(26-10-15)28-7-5-13(6-8-28)21(31)33-11-17(29)14-1-3-18-16(9-14)27-20(30)12-32-18/h1-4,9-10,13H,5-8,11-12H2,(H,27,30). The molecule has 2 aromatic rings. The lowest BCUT2D eigenvalue weighted by Gasteiger charge is -2.31. The van der Waals surface area contributed by atoms with Gasteiger partial charge in [-0.25, -0.2) is 4.98 Å². The lowest BCUT2D eigenvalue weighted by atomic mass is 9.97. The number of carbonyl (C=O) groups is 3. The van der Waals surface area contributed by atoms with Crippen LogP contribution in [0, 0.1) is 5.92 Å². The molecule has 1 aromatic carbocycles. The number of hydrogen-bond acceptors (Lipinski definition) is 7. The normalized spacial score (nSPS) is 16.5. The number of ether oxygens (including phenoxy) is 2. The zero-order valence-corrected chi connectivity index (χ0v) is 17.4. The Morgan fingerprint density at radius 3 is 2.61 bits per heavy atom. The van der Waals surface area contributed by atoms with Crippen molar-refractivity contribution in [2.75, 3.05) is 36.5 Å². The SMILES string of the molecule is O=C1COc2ccc(C(=O)COC(=O)C3CCN(c4ccc(C(F)(F)F)cn4)CC3)cc2N1. The summed E-state index contributed by atoms with van der Waals surface area (Å²) in [6.45, 7) is 0.325. The summed E-state index contributed by atoms with van der Waals surface area (Å²) in [5.41, 5.74) is -0.161. The minimum absolute atomic E-state index is 0.0916. The quantitative estimate of drug-likeness (QED) is 0.538. The minimum atomic E-state index is -4.44. The van der Waals surface area contributed by atoms with Crippen LogP contribution in [0.15, 0.2) is 36.5 Å². The van der Waals surface area contributed by atoms with E-state index >= 15 is 0 Å². The summed E-state index contributed by atoms with van der Waals surface area (Å²) in [6.07, 6.45) is -2.80. The Morgan fingerprint density at radius 1 is 1.18 bits per heavy atom. The fourth-order valence-corrected chi connectivity index (χ4v) is 3.68. The van der Waals surface area contributed by atoms with Crippen LogP contribution >= 0.6 is 0 Å². The minimum Gasteiger partial charge on any atom is -0.482 e. The number of anilines is 2. The van der Waals surface area contributed by atoms with Crippen molar-refractivity contribution in [3.8, 4) is 5.75 Å². The molecule has 0 unspecified atom stereocenters. The molecule has 1 amide bonds. The molecule has 33 heavy (non-hydrogen) atoms. The smallest absolute Gasteiger partial charge is 0.417 e. The first kappa shape index (κ1) is 22.6. The van der Waals surface area contributed by atoms with E-state index in [-0.39, 0.29) is 18.1 Å². The van der Waals surface area contributed by atoms with Crippen molar-refractivity contribution in [2.45, 2.75) is 19.0 Å². The molecule has 0 spiro atoms. The topological polar surface area (TPSA) is 97.8 Å². The van der Waals surface area contributed by atoms with E-state index in [2.05, 4.69) is 10.3 Å². The van der Waals surface area contributed by atoms with Crippen LogP contribution in [0.3, 0.4) is 0 Å². The van der Waals surface area contributed by atoms with E-state index in [1.807, 2.05) is 0 Å². The first-order chi connectivity index (χ1) is 15.7. The van der Waals surface area contributed by atoms with Crippen LogP contribution in [0.2, 0.25) is 0 Å². The number of ketones is 1. The number of Topliss-reactive ketones (excluding diaryl/α,β-unsaturated/α-hetero) is 1. The fourth-order valence-electron chi connectivity index (χ4n) is 3.68. The van der Waals surface area contributed by atoms with Crippen LogP contribution in [0.4, 0.5) is 24.7 Å². The first-order valence-corrected chi connectivity index (χ1v) is 10.3. The van der Waals surface area contributed by atoms with E-state index in [0.717, 1.165) is 12.3 Å². The molecule has 0 radical (unpaired) electrons. The number of alkyl halides is 3. The molecular weight excluding hydrogens is 443 g/mol. The van der Waals surface area contributed by atoms with Gasteiger partial charge in [-0.1, -0.05) is 0 Å². The van der Waals surface area contributed by atoms with Crippen LogP contribution in [0.5, 0.6) is 5.75 Å². The predicted octanol–water partition coefficient (Wildman–Crippen LogP) is 3.07. The maximum Gasteiger partial charge on any atom is 0.417 e. The summed E-state index contributed by atoms with van der Waals surface area (Å²) in [5.74, 6) is -0.794. The molecule has 1 N–H and O–H groups in total. The monoisotopic (exact) mass is 463 g/mol. The molecular formula is C22H20F3N3O5. The second-order valence-electron chi connectivity index (χ2n) is 7.74. The van der Waals surface area contributed by atoms with Crippen LogP contribution in [0.25, 0.3) is 0 Å². The van der Waals surface area contributed by atoms with Gasteiger partial charge in [-0.3, -0.25) is 14.4 Å². The van der Waals surface area contributed by atoms with E-state index in [1.54, 1.807) is 11.0 Å². The summed E-state index contributed by atoms with van der Waals surface area (Å²) in [4.78, 5) is 41.9. The zero-order valence-electron chi connectivity index (χ0n) is 17.4. The molecule has 0 aliphatic carbocycles. The van der Waals surface area contributed by atoms with Crippen molar-refractivity contribution in [1.29, 1.82) is 0 Å².